The molecular weight excluding hydrogens is 326 g/mol. The van der Waals surface area contributed by atoms with Crippen molar-refractivity contribution in [1.82, 2.24) is 0 Å². The van der Waals surface area contributed by atoms with Gasteiger partial charge in [-0.15, -0.1) is 0 Å². The Bertz CT molecular complexity index is 728. The van der Waals surface area contributed by atoms with Crippen LogP contribution in [-0.4, -0.2) is 12.6 Å². The van der Waals surface area contributed by atoms with Gasteiger partial charge in [-0.25, -0.2) is 0 Å². The molecule has 0 aliphatic carbocycles. The van der Waals surface area contributed by atoms with E-state index in [-0.39, 0.29) is 0 Å². The van der Waals surface area contributed by atoms with Gasteiger partial charge in [0.15, 0.2) is 0 Å². The minimum absolute atomic E-state index is 0.456. The summed E-state index contributed by atoms with van der Waals surface area (Å²) < 4.78 is 0. The number of quaternary nitrogens is 1. The van der Waals surface area contributed by atoms with Gasteiger partial charge >= 0.3 is 0 Å². The Labute approximate surface area is 164 Å². The standard InChI is InChI=1S/C26H31N/c1-21(20-22(2)27-19-18-23-12-6-3-7-13-23)26(24-14-8-4-9-15-24)25-16-10-5-11-17-25/h3-17,21-22,26-27H,18-20H2,1-2H3/p+1/t21-,22+/m0/s1. The molecule has 0 radical (unpaired) electrons. The molecule has 0 amide bonds. The summed E-state index contributed by atoms with van der Waals surface area (Å²) in [5.74, 6) is 1.05. The highest BCUT2D eigenvalue weighted by Crippen LogP contribution is 2.33. The lowest BCUT2D eigenvalue weighted by molar-refractivity contribution is -0.687. The molecule has 0 aromatic heterocycles. The van der Waals surface area contributed by atoms with E-state index in [0.717, 1.165) is 13.0 Å². The zero-order valence-corrected chi connectivity index (χ0v) is 16.6. The van der Waals surface area contributed by atoms with Crippen LogP contribution >= 0.6 is 0 Å². The van der Waals surface area contributed by atoms with Gasteiger partial charge in [-0.1, -0.05) is 97.9 Å². The lowest BCUT2D eigenvalue weighted by Gasteiger charge is -2.27. The third kappa shape index (κ3) is 5.80. The lowest BCUT2D eigenvalue weighted by atomic mass is 9.79. The summed E-state index contributed by atoms with van der Waals surface area (Å²) in [6.45, 7) is 5.93. The van der Waals surface area contributed by atoms with Crippen molar-refractivity contribution in [3.05, 3.63) is 108 Å². The molecule has 27 heavy (non-hydrogen) atoms. The molecule has 3 rings (SSSR count). The second-order valence-electron chi connectivity index (χ2n) is 7.75. The highest BCUT2D eigenvalue weighted by Gasteiger charge is 2.23. The summed E-state index contributed by atoms with van der Waals surface area (Å²) in [5.41, 5.74) is 4.28. The molecule has 0 spiro atoms. The number of nitrogens with two attached hydrogens (primary N) is 1. The van der Waals surface area contributed by atoms with E-state index in [1.807, 2.05) is 0 Å². The van der Waals surface area contributed by atoms with Crippen molar-refractivity contribution in [2.75, 3.05) is 6.54 Å². The molecule has 140 valence electrons. The van der Waals surface area contributed by atoms with Crippen LogP contribution in [0.5, 0.6) is 0 Å². The Hall–Kier alpha value is -2.38. The Kier molecular flexibility index (Phi) is 7.24. The molecule has 2 atom stereocenters. The molecule has 0 bridgehead atoms. The fraction of sp³-hybridized carbons (Fsp3) is 0.308. The minimum atomic E-state index is 0.456. The van der Waals surface area contributed by atoms with Crippen LogP contribution in [0.1, 0.15) is 42.9 Å². The molecule has 0 aliphatic rings. The first kappa shape index (κ1) is 19.4. The van der Waals surface area contributed by atoms with Gasteiger partial charge in [0, 0.05) is 18.8 Å². The van der Waals surface area contributed by atoms with Crippen LogP contribution in [0.3, 0.4) is 0 Å². The number of hydrogen-bond donors (Lipinski definition) is 1. The topological polar surface area (TPSA) is 16.6 Å². The molecule has 0 saturated heterocycles. The summed E-state index contributed by atoms with van der Waals surface area (Å²) in [6, 6.07) is 33.4. The van der Waals surface area contributed by atoms with E-state index in [1.165, 1.54) is 23.1 Å². The van der Waals surface area contributed by atoms with Crippen molar-refractivity contribution in [2.24, 2.45) is 5.92 Å². The Morgan fingerprint density at radius 2 is 1.15 bits per heavy atom. The van der Waals surface area contributed by atoms with Gasteiger partial charge in [0.05, 0.1) is 12.6 Å². The fourth-order valence-electron chi connectivity index (χ4n) is 4.17. The van der Waals surface area contributed by atoms with Crippen molar-refractivity contribution in [1.29, 1.82) is 0 Å². The van der Waals surface area contributed by atoms with Crippen LogP contribution in [0.25, 0.3) is 0 Å². The van der Waals surface area contributed by atoms with Gasteiger partial charge in [-0.3, -0.25) is 0 Å². The zero-order valence-electron chi connectivity index (χ0n) is 16.6. The third-order valence-electron chi connectivity index (χ3n) is 5.47. The Morgan fingerprint density at radius 3 is 1.67 bits per heavy atom. The molecule has 0 unspecified atom stereocenters. The van der Waals surface area contributed by atoms with E-state index in [2.05, 4.69) is 110 Å². The first-order chi connectivity index (χ1) is 13.2. The van der Waals surface area contributed by atoms with Gasteiger partial charge in [0.25, 0.3) is 0 Å². The zero-order chi connectivity index (χ0) is 18.9. The van der Waals surface area contributed by atoms with Crippen molar-refractivity contribution < 1.29 is 5.32 Å². The summed E-state index contributed by atoms with van der Waals surface area (Å²) >= 11 is 0. The van der Waals surface area contributed by atoms with Crippen molar-refractivity contribution >= 4 is 0 Å². The highest BCUT2D eigenvalue weighted by atomic mass is 14.9. The van der Waals surface area contributed by atoms with Crippen molar-refractivity contribution in [2.45, 2.75) is 38.6 Å². The van der Waals surface area contributed by atoms with Crippen LogP contribution in [0.4, 0.5) is 0 Å². The SMILES string of the molecule is C[C@H](C[C@H](C)C(c1ccccc1)c1ccccc1)[NH2+]CCc1ccccc1. The average Bonchev–Trinajstić information content (AvgIpc) is 2.70. The second-order valence-corrected chi connectivity index (χ2v) is 7.75. The molecule has 3 aromatic carbocycles. The maximum absolute atomic E-state index is 2.51. The quantitative estimate of drug-likeness (QED) is 0.552. The molecule has 1 heteroatoms. The van der Waals surface area contributed by atoms with Crippen LogP contribution in [0.15, 0.2) is 91.0 Å². The molecule has 0 heterocycles. The minimum Gasteiger partial charge on any atom is -0.344 e. The molecule has 3 aromatic rings. The number of benzene rings is 3. The van der Waals surface area contributed by atoms with Crippen molar-refractivity contribution in [3.8, 4) is 0 Å². The Balaban J connectivity index is 1.61. The Morgan fingerprint density at radius 1 is 0.667 bits per heavy atom. The van der Waals surface area contributed by atoms with E-state index < -0.39 is 0 Å². The number of hydrogen-bond acceptors (Lipinski definition) is 0. The summed E-state index contributed by atoms with van der Waals surface area (Å²) in [5, 5.41) is 2.51. The normalized spacial score (nSPS) is 13.4. The predicted octanol–water partition coefficient (Wildman–Crippen LogP) is 5.04. The number of rotatable bonds is 9. The smallest absolute Gasteiger partial charge is 0.0833 e. The maximum atomic E-state index is 2.51. The molecule has 0 saturated carbocycles. The summed E-state index contributed by atoms with van der Waals surface area (Å²) in [6.07, 6.45) is 2.35. The van der Waals surface area contributed by atoms with Crippen LogP contribution < -0.4 is 5.32 Å². The van der Waals surface area contributed by atoms with E-state index in [9.17, 15) is 0 Å². The van der Waals surface area contributed by atoms with E-state index >= 15 is 0 Å². The second kappa shape index (κ2) is 10.1. The van der Waals surface area contributed by atoms with E-state index in [0.29, 0.717) is 17.9 Å². The molecule has 0 aliphatic heterocycles. The van der Waals surface area contributed by atoms with Gasteiger partial charge in [0.1, 0.15) is 0 Å². The third-order valence-corrected chi connectivity index (χ3v) is 5.47. The predicted molar refractivity (Wildman–Crippen MR) is 115 cm³/mol. The van der Waals surface area contributed by atoms with Gasteiger partial charge in [-0.2, -0.15) is 0 Å². The van der Waals surface area contributed by atoms with Gasteiger partial charge in [-0.05, 0) is 29.5 Å². The summed E-state index contributed by atoms with van der Waals surface area (Å²) in [4.78, 5) is 0. The average molecular weight is 359 g/mol. The van der Waals surface area contributed by atoms with Gasteiger partial charge < -0.3 is 5.32 Å². The molecular formula is C26H32N+. The monoisotopic (exact) mass is 358 g/mol. The first-order valence-electron chi connectivity index (χ1n) is 10.2. The molecule has 0 fully saturated rings. The molecule has 2 N–H and O–H groups in total. The lowest BCUT2D eigenvalue weighted by Crippen LogP contribution is -2.89. The maximum Gasteiger partial charge on any atom is 0.0833 e. The van der Waals surface area contributed by atoms with E-state index in [4.69, 9.17) is 0 Å². The summed E-state index contributed by atoms with van der Waals surface area (Å²) in [7, 11) is 0. The van der Waals surface area contributed by atoms with Crippen molar-refractivity contribution in [3.63, 3.8) is 0 Å². The molecule has 1 nitrogen and oxygen atoms in total. The fourth-order valence-corrected chi connectivity index (χ4v) is 4.17. The van der Waals surface area contributed by atoms with Gasteiger partial charge in [0.2, 0.25) is 0 Å². The van der Waals surface area contributed by atoms with Crippen LogP contribution in [0, 0.1) is 5.92 Å². The van der Waals surface area contributed by atoms with Crippen LogP contribution in [0.2, 0.25) is 0 Å². The van der Waals surface area contributed by atoms with E-state index in [1.54, 1.807) is 0 Å². The van der Waals surface area contributed by atoms with Crippen LogP contribution in [-0.2, 0) is 6.42 Å². The largest absolute Gasteiger partial charge is 0.344 e. The first-order valence-corrected chi connectivity index (χ1v) is 10.2. The highest BCUT2D eigenvalue weighted by molar-refractivity contribution is 5.33.